The fraction of sp³-hybridized carbons (Fsp3) is 0.222. The lowest BCUT2D eigenvalue weighted by atomic mass is 10.1. The molecular formula is C18H17BrN2O2. The minimum Gasteiger partial charge on any atom is -0.326 e. The lowest BCUT2D eigenvalue weighted by Crippen LogP contribution is -2.28. The van der Waals surface area contributed by atoms with E-state index in [0.717, 1.165) is 21.4 Å². The fourth-order valence-electron chi connectivity index (χ4n) is 2.71. The zero-order valence-corrected chi connectivity index (χ0v) is 14.3. The third-order valence-corrected chi connectivity index (χ3v) is 4.45. The van der Waals surface area contributed by atoms with Gasteiger partial charge in [-0.25, -0.2) is 0 Å². The number of carbonyl (C=O) groups is 2. The maximum atomic E-state index is 12.4. The SMILES string of the molecule is Cc1cccc(N2CC(C(=O)Nc3ccc(Br)cc3)CC2=O)c1. The van der Waals surface area contributed by atoms with E-state index in [1.54, 1.807) is 4.90 Å². The lowest BCUT2D eigenvalue weighted by molar-refractivity contribution is -0.122. The smallest absolute Gasteiger partial charge is 0.229 e. The first kappa shape index (κ1) is 15.7. The van der Waals surface area contributed by atoms with Crippen molar-refractivity contribution >= 4 is 39.1 Å². The third kappa shape index (κ3) is 3.62. The molecule has 1 fully saturated rings. The molecule has 1 aliphatic rings. The van der Waals surface area contributed by atoms with Gasteiger partial charge >= 0.3 is 0 Å². The van der Waals surface area contributed by atoms with Crippen LogP contribution in [0.2, 0.25) is 0 Å². The standard InChI is InChI=1S/C18H17BrN2O2/c1-12-3-2-4-16(9-12)21-11-13(10-17(21)22)18(23)20-15-7-5-14(19)6-8-15/h2-9,13H,10-11H2,1H3,(H,20,23). The van der Waals surface area contributed by atoms with Crippen molar-refractivity contribution in [2.45, 2.75) is 13.3 Å². The van der Waals surface area contributed by atoms with Crippen LogP contribution in [-0.2, 0) is 9.59 Å². The van der Waals surface area contributed by atoms with E-state index in [2.05, 4.69) is 21.2 Å². The van der Waals surface area contributed by atoms with Crippen LogP contribution in [0.15, 0.2) is 53.0 Å². The molecule has 0 radical (unpaired) electrons. The van der Waals surface area contributed by atoms with Crippen molar-refractivity contribution in [1.29, 1.82) is 0 Å². The second kappa shape index (κ2) is 6.54. The monoisotopic (exact) mass is 372 g/mol. The predicted molar refractivity (Wildman–Crippen MR) is 94.4 cm³/mol. The second-order valence-electron chi connectivity index (χ2n) is 5.74. The minimum atomic E-state index is -0.327. The summed E-state index contributed by atoms with van der Waals surface area (Å²) >= 11 is 3.36. The highest BCUT2D eigenvalue weighted by atomic mass is 79.9. The van der Waals surface area contributed by atoms with Crippen LogP contribution in [0.3, 0.4) is 0 Å². The third-order valence-electron chi connectivity index (χ3n) is 3.92. The van der Waals surface area contributed by atoms with E-state index < -0.39 is 0 Å². The summed E-state index contributed by atoms with van der Waals surface area (Å²) in [5.41, 5.74) is 2.69. The first-order valence-electron chi connectivity index (χ1n) is 7.46. The quantitative estimate of drug-likeness (QED) is 0.891. The number of nitrogens with zero attached hydrogens (tertiary/aromatic N) is 1. The van der Waals surface area contributed by atoms with E-state index >= 15 is 0 Å². The average Bonchev–Trinajstić information content (AvgIpc) is 2.92. The van der Waals surface area contributed by atoms with Crippen molar-refractivity contribution in [2.75, 3.05) is 16.8 Å². The number of hydrogen-bond donors (Lipinski definition) is 1. The number of carbonyl (C=O) groups excluding carboxylic acids is 2. The molecule has 0 spiro atoms. The van der Waals surface area contributed by atoms with Crippen LogP contribution in [-0.4, -0.2) is 18.4 Å². The van der Waals surface area contributed by atoms with Gasteiger partial charge in [0.25, 0.3) is 0 Å². The topological polar surface area (TPSA) is 49.4 Å². The molecular weight excluding hydrogens is 356 g/mol. The minimum absolute atomic E-state index is 0.00782. The molecule has 1 N–H and O–H groups in total. The van der Waals surface area contributed by atoms with Gasteiger partial charge in [0.2, 0.25) is 11.8 Å². The number of aryl methyl sites for hydroxylation is 1. The van der Waals surface area contributed by atoms with Crippen LogP contribution in [0, 0.1) is 12.8 Å². The molecule has 0 bridgehead atoms. The molecule has 1 aliphatic heterocycles. The molecule has 0 saturated carbocycles. The maximum Gasteiger partial charge on any atom is 0.229 e. The van der Waals surface area contributed by atoms with E-state index in [0.29, 0.717) is 6.54 Å². The van der Waals surface area contributed by atoms with Gasteiger partial charge < -0.3 is 10.2 Å². The molecule has 1 saturated heterocycles. The van der Waals surface area contributed by atoms with Crippen molar-refractivity contribution < 1.29 is 9.59 Å². The zero-order chi connectivity index (χ0) is 16.4. The van der Waals surface area contributed by atoms with E-state index in [-0.39, 0.29) is 24.2 Å². The highest BCUT2D eigenvalue weighted by Gasteiger charge is 2.35. The molecule has 1 heterocycles. The molecule has 3 rings (SSSR count). The van der Waals surface area contributed by atoms with Crippen LogP contribution in [0.1, 0.15) is 12.0 Å². The van der Waals surface area contributed by atoms with Gasteiger partial charge in [-0.15, -0.1) is 0 Å². The van der Waals surface area contributed by atoms with Crippen molar-refractivity contribution in [1.82, 2.24) is 0 Å². The summed E-state index contributed by atoms with van der Waals surface area (Å²) in [6.45, 7) is 2.41. The summed E-state index contributed by atoms with van der Waals surface area (Å²) in [5, 5.41) is 2.88. The van der Waals surface area contributed by atoms with Crippen molar-refractivity contribution in [3.63, 3.8) is 0 Å². The number of anilines is 2. The number of hydrogen-bond acceptors (Lipinski definition) is 2. The van der Waals surface area contributed by atoms with Gasteiger partial charge in [-0.1, -0.05) is 28.1 Å². The lowest BCUT2D eigenvalue weighted by Gasteiger charge is -2.17. The largest absolute Gasteiger partial charge is 0.326 e. The Kier molecular flexibility index (Phi) is 4.48. The Balaban J connectivity index is 1.69. The number of benzene rings is 2. The Morgan fingerprint density at radius 2 is 1.96 bits per heavy atom. The Morgan fingerprint density at radius 1 is 1.22 bits per heavy atom. The number of rotatable bonds is 3. The molecule has 2 aromatic rings. The summed E-state index contributed by atoms with van der Waals surface area (Å²) in [7, 11) is 0. The van der Waals surface area contributed by atoms with Crippen LogP contribution < -0.4 is 10.2 Å². The molecule has 0 aliphatic carbocycles. The molecule has 1 unspecified atom stereocenters. The van der Waals surface area contributed by atoms with E-state index in [1.165, 1.54) is 0 Å². The summed E-state index contributed by atoms with van der Waals surface area (Å²) in [6.07, 6.45) is 0.246. The van der Waals surface area contributed by atoms with Crippen LogP contribution in [0.4, 0.5) is 11.4 Å². The normalized spacial score (nSPS) is 17.4. The van der Waals surface area contributed by atoms with Crippen molar-refractivity contribution in [3.8, 4) is 0 Å². The Hall–Kier alpha value is -2.14. The van der Waals surface area contributed by atoms with Crippen LogP contribution in [0.25, 0.3) is 0 Å². The van der Waals surface area contributed by atoms with Gasteiger partial charge in [-0.2, -0.15) is 0 Å². The highest BCUT2D eigenvalue weighted by molar-refractivity contribution is 9.10. The molecule has 2 aromatic carbocycles. The van der Waals surface area contributed by atoms with Gasteiger partial charge in [0.1, 0.15) is 0 Å². The van der Waals surface area contributed by atoms with Gasteiger partial charge in [-0.05, 0) is 48.9 Å². The number of nitrogens with one attached hydrogen (secondary N) is 1. The van der Waals surface area contributed by atoms with Gasteiger partial charge in [0, 0.05) is 28.8 Å². The first-order chi connectivity index (χ1) is 11.0. The molecule has 2 amide bonds. The van der Waals surface area contributed by atoms with Crippen molar-refractivity contribution in [3.05, 3.63) is 58.6 Å². The van der Waals surface area contributed by atoms with E-state index in [4.69, 9.17) is 0 Å². The predicted octanol–water partition coefficient (Wildman–Crippen LogP) is 3.75. The molecule has 1 atom stereocenters. The fourth-order valence-corrected chi connectivity index (χ4v) is 2.97. The summed E-state index contributed by atoms with van der Waals surface area (Å²) in [4.78, 5) is 26.3. The Labute approximate surface area is 143 Å². The Bertz CT molecular complexity index is 743. The van der Waals surface area contributed by atoms with Gasteiger partial charge in [0.15, 0.2) is 0 Å². The zero-order valence-electron chi connectivity index (χ0n) is 12.8. The van der Waals surface area contributed by atoms with E-state index in [1.807, 2.05) is 55.5 Å². The molecule has 4 nitrogen and oxygen atoms in total. The Morgan fingerprint density at radius 3 is 2.65 bits per heavy atom. The average molecular weight is 373 g/mol. The molecule has 0 aromatic heterocycles. The molecule has 23 heavy (non-hydrogen) atoms. The van der Waals surface area contributed by atoms with Gasteiger partial charge in [-0.3, -0.25) is 9.59 Å². The summed E-state index contributed by atoms with van der Waals surface area (Å²) in [6, 6.07) is 15.2. The van der Waals surface area contributed by atoms with Gasteiger partial charge in [0.05, 0.1) is 5.92 Å². The summed E-state index contributed by atoms with van der Waals surface area (Å²) in [5.74, 6) is -0.450. The maximum absolute atomic E-state index is 12.4. The second-order valence-corrected chi connectivity index (χ2v) is 6.66. The molecule has 5 heteroatoms. The summed E-state index contributed by atoms with van der Waals surface area (Å²) < 4.78 is 0.956. The van der Waals surface area contributed by atoms with E-state index in [9.17, 15) is 9.59 Å². The first-order valence-corrected chi connectivity index (χ1v) is 8.26. The number of halogens is 1. The van der Waals surface area contributed by atoms with Crippen LogP contribution in [0.5, 0.6) is 0 Å². The highest BCUT2D eigenvalue weighted by Crippen LogP contribution is 2.26. The molecule has 118 valence electrons. The van der Waals surface area contributed by atoms with Crippen molar-refractivity contribution in [2.24, 2.45) is 5.92 Å². The number of amides is 2. The van der Waals surface area contributed by atoms with Crippen LogP contribution >= 0.6 is 15.9 Å².